The minimum atomic E-state index is -0.0748. The van der Waals surface area contributed by atoms with Crippen molar-refractivity contribution in [3.05, 3.63) is 34.5 Å². The number of rotatable bonds is 5. The third-order valence-electron chi connectivity index (χ3n) is 6.37. The normalized spacial score (nSPS) is 19.6. The first-order chi connectivity index (χ1) is 13.6. The van der Waals surface area contributed by atoms with Crippen LogP contribution in [0.2, 0.25) is 0 Å². The van der Waals surface area contributed by atoms with E-state index in [4.69, 9.17) is 14.7 Å². The molecule has 1 N–H and O–H groups in total. The molecule has 3 aliphatic carbocycles. The lowest BCUT2D eigenvalue weighted by Gasteiger charge is -2.26. The minimum absolute atomic E-state index is 0.0748. The van der Waals surface area contributed by atoms with Gasteiger partial charge in [0.05, 0.1) is 30.0 Å². The Bertz CT molecular complexity index is 819. The second kappa shape index (κ2) is 8.46. The Labute approximate surface area is 167 Å². The molecule has 1 heterocycles. The summed E-state index contributed by atoms with van der Waals surface area (Å²) in [5.41, 5.74) is 5.70. The Balaban J connectivity index is 1.64. The fourth-order valence-corrected chi connectivity index (χ4v) is 4.85. The zero-order valence-electron chi connectivity index (χ0n) is 17.1. The second-order valence-electron chi connectivity index (χ2n) is 8.36. The number of aryl methyl sites for hydroxylation is 2. The van der Waals surface area contributed by atoms with E-state index >= 15 is 0 Å². The number of carbonyl (C=O) groups excluding carboxylic acids is 1. The number of aromatic nitrogens is 2. The average molecular weight is 382 g/mol. The fourth-order valence-electron chi connectivity index (χ4n) is 4.85. The van der Waals surface area contributed by atoms with E-state index in [0.717, 1.165) is 67.3 Å². The predicted molar refractivity (Wildman–Crippen MR) is 111 cm³/mol. The van der Waals surface area contributed by atoms with Crippen LogP contribution in [0.4, 0.5) is 5.82 Å². The lowest BCUT2D eigenvalue weighted by atomic mass is 9.84. The van der Waals surface area contributed by atoms with Crippen LogP contribution in [0.25, 0.3) is 5.57 Å². The zero-order chi connectivity index (χ0) is 19.5. The third kappa shape index (κ3) is 4.13. The summed E-state index contributed by atoms with van der Waals surface area (Å²) in [5, 5.41) is 2.94. The van der Waals surface area contributed by atoms with Crippen LogP contribution >= 0.6 is 0 Å². The van der Waals surface area contributed by atoms with E-state index in [0.29, 0.717) is 5.82 Å². The maximum atomic E-state index is 11.7. The van der Waals surface area contributed by atoms with Crippen molar-refractivity contribution >= 4 is 17.3 Å². The Morgan fingerprint density at radius 2 is 1.96 bits per heavy atom. The molecule has 1 fully saturated rings. The van der Waals surface area contributed by atoms with Gasteiger partial charge >= 0.3 is 0 Å². The lowest BCUT2D eigenvalue weighted by molar-refractivity contribution is -0.114. The van der Waals surface area contributed by atoms with Crippen molar-refractivity contribution in [1.82, 2.24) is 9.97 Å². The van der Waals surface area contributed by atoms with E-state index in [1.54, 1.807) is 14.0 Å². The van der Waals surface area contributed by atoms with Crippen molar-refractivity contribution in [2.75, 3.05) is 12.4 Å². The highest BCUT2D eigenvalue weighted by Crippen LogP contribution is 2.39. The summed E-state index contributed by atoms with van der Waals surface area (Å²) < 4.78 is 5.46. The average Bonchev–Trinajstić information content (AvgIpc) is 2.72. The summed E-state index contributed by atoms with van der Waals surface area (Å²) in [6, 6.07) is 0. The van der Waals surface area contributed by atoms with Crippen LogP contribution in [0.5, 0.6) is 0 Å². The summed E-state index contributed by atoms with van der Waals surface area (Å²) >= 11 is 0. The summed E-state index contributed by atoms with van der Waals surface area (Å²) in [6.07, 6.45) is 14.7. The number of nitrogens with zero attached hydrogens (tertiary/aromatic N) is 2. The quantitative estimate of drug-likeness (QED) is 0.782. The van der Waals surface area contributed by atoms with Gasteiger partial charge in [-0.15, -0.1) is 0 Å². The molecule has 5 heteroatoms. The Morgan fingerprint density at radius 1 is 1.14 bits per heavy atom. The summed E-state index contributed by atoms with van der Waals surface area (Å²) in [7, 11) is 1.75. The molecule has 0 aromatic carbocycles. The van der Waals surface area contributed by atoms with Gasteiger partial charge in [-0.3, -0.25) is 4.79 Å². The number of fused-ring (bicyclic) bond motifs is 2. The van der Waals surface area contributed by atoms with Crippen LogP contribution in [0.3, 0.4) is 0 Å². The predicted octanol–water partition coefficient (Wildman–Crippen LogP) is 4.97. The number of amides is 1. The Kier molecular flexibility index (Phi) is 5.79. The molecule has 0 aliphatic heterocycles. The number of ether oxygens (including phenoxy) is 1. The zero-order valence-corrected chi connectivity index (χ0v) is 17.1. The molecule has 0 unspecified atom stereocenters. The van der Waals surface area contributed by atoms with Crippen LogP contribution < -0.4 is 5.32 Å². The van der Waals surface area contributed by atoms with Crippen LogP contribution in [-0.4, -0.2) is 23.0 Å². The largest absolute Gasteiger partial charge is 0.501 e. The van der Waals surface area contributed by atoms with Crippen molar-refractivity contribution in [2.24, 2.45) is 5.92 Å². The highest BCUT2D eigenvalue weighted by Gasteiger charge is 2.26. The van der Waals surface area contributed by atoms with Gasteiger partial charge in [0.25, 0.3) is 0 Å². The lowest BCUT2D eigenvalue weighted by Crippen LogP contribution is -2.18. The third-order valence-corrected chi connectivity index (χ3v) is 6.37. The van der Waals surface area contributed by atoms with Crippen LogP contribution in [0.1, 0.15) is 81.8 Å². The summed E-state index contributed by atoms with van der Waals surface area (Å²) in [4.78, 5) is 21.7. The molecule has 150 valence electrons. The summed E-state index contributed by atoms with van der Waals surface area (Å²) in [6.45, 7) is 1.55. The number of hydrogen-bond acceptors (Lipinski definition) is 4. The van der Waals surface area contributed by atoms with Crippen LogP contribution in [0, 0.1) is 5.92 Å². The van der Waals surface area contributed by atoms with Gasteiger partial charge in [0.1, 0.15) is 0 Å². The molecule has 4 rings (SSSR count). The van der Waals surface area contributed by atoms with Gasteiger partial charge < -0.3 is 10.1 Å². The van der Waals surface area contributed by atoms with Crippen molar-refractivity contribution in [3.63, 3.8) is 0 Å². The number of hydrogen-bond donors (Lipinski definition) is 1. The van der Waals surface area contributed by atoms with E-state index in [1.165, 1.54) is 43.3 Å². The second-order valence-corrected chi connectivity index (χ2v) is 8.36. The molecular formula is C23H31N3O2. The van der Waals surface area contributed by atoms with Crippen molar-refractivity contribution in [3.8, 4) is 0 Å². The number of anilines is 1. The van der Waals surface area contributed by atoms with Gasteiger partial charge in [-0.2, -0.15) is 0 Å². The molecule has 0 bridgehead atoms. The molecule has 28 heavy (non-hydrogen) atoms. The molecule has 1 saturated carbocycles. The SMILES string of the molecule is COC1=CC2=C(CC1)c1nc(CCC3CCCCC3)c(NC(C)=O)nc1CC2. The molecular weight excluding hydrogens is 350 g/mol. The molecule has 1 aromatic heterocycles. The van der Waals surface area contributed by atoms with Crippen LogP contribution in [0.15, 0.2) is 17.4 Å². The van der Waals surface area contributed by atoms with E-state index in [-0.39, 0.29) is 5.91 Å². The van der Waals surface area contributed by atoms with Gasteiger partial charge in [-0.1, -0.05) is 32.1 Å². The van der Waals surface area contributed by atoms with Crippen molar-refractivity contribution < 1.29 is 9.53 Å². The first kappa shape index (κ1) is 19.2. The Hall–Kier alpha value is -2.17. The molecule has 0 atom stereocenters. The van der Waals surface area contributed by atoms with Gasteiger partial charge in [-0.05, 0) is 55.2 Å². The number of allylic oxidation sites excluding steroid dienone is 4. The summed E-state index contributed by atoms with van der Waals surface area (Å²) in [5.74, 6) is 2.44. The fraction of sp³-hybridized carbons (Fsp3) is 0.609. The highest BCUT2D eigenvalue weighted by molar-refractivity contribution is 5.88. The van der Waals surface area contributed by atoms with E-state index in [2.05, 4.69) is 11.4 Å². The maximum Gasteiger partial charge on any atom is 0.222 e. The molecule has 0 radical (unpaired) electrons. The number of nitrogens with one attached hydrogen (secondary N) is 1. The first-order valence-electron chi connectivity index (χ1n) is 10.8. The van der Waals surface area contributed by atoms with Crippen LogP contribution in [-0.2, 0) is 22.4 Å². The minimum Gasteiger partial charge on any atom is -0.501 e. The number of methoxy groups -OCH3 is 1. The molecule has 1 amide bonds. The smallest absolute Gasteiger partial charge is 0.222 e. The molecule has 0 spiro atoms. The number of carbonyl (C=O) groups is 1. The van der Waals surface area contributed by atoms with Gasteiger partial charge in [0.2, 0.25) is 5.91 Å². The first-order valence-corrected chi connectivity index (χ1v) is 10.8. The van der Waals surface area contributed by atoms with Gasteiger partial charge in [0, 0.05) is 13.3 Å². The molecule has 0 saturated heterocycles. The maximum absolute atomic E-state index is 11.7. The van der Waals surface area contributed by atoms with E-state index < -0.39 is 0 Å². The van der Waals surface area contributed by atoms with Crippen molar-refractivity contribution in [1.29, 1.82) is 0 Å². The van der Waals surface area contributed by atoms with Gasteiger partial charge in [-0.25, -0.2) is 9.97 Å². The topological polar surface area (TPSA) is 64.1 Å². The van der Waals surface area contributed by atoms with E-state index in [9.17, 15) is 4.79 Å². The van der Waals surface area contributed by atoms with E-state index in [1.807, 2.05) is 0 Å². The highest BCUT2D eigenvalue weighted by atomic mass is 16.5. The molecule has 1 aromatic rings. The monoisotopic (exact) mass is 381 g/mol. The Morgan fingerprint density at radius 3 is 2.71 bits per heavy atom. The van der Waals surface area contributed by atoms with Gasteiger partial charge in [0.15, 0.2) is 5.82 Å². The standard InChI is InChI=1S/C23H31N3O2/c1-15(27)24-23-21(12-8-16-6-4-3-5-7-16)25-22-19-11-10-18(28-2)14-17(19)9-13-20(22)26-23/h14,16H,3-13H2,1-2H3,(H,24,26,27). The molecule has 3 aliphatic rings. The van der Waals surface area contributed by atoms with Crippen molar-refractivity contribution in [2.45, 2.75) is 77.6 Å². The molecule has 5 nitrogen and oxygen atoms in total.